The quantitative estimate of drug-likeness (QED) is 0.506. The number of hydrogen-bond acceptors (Lipinski definition) is 1. The summed E-state index contributed by atoms with van der Waals surface area (Å²) < 4.78 is 52.2. The highest BCUT2D eigenvalue weighted by Gasteiger charge is 2.23. The highest BCUT2D eigenvalue weighted by atomic mass is 35.5. The summed E-state index contributed by atoms with van der Waals surface area (Å²) in [6.07, 6.45) is 0.0523. The predicted octanol–water partition coefficient (Wildman–Crippen LogP) is 3.63. The van der Waals surface area contributed by atoms with Crippen LogP contribution in [0.15, 0.2) is 18.2 Å². The maximum absolute atomic E-state index is 13.3. The first-order valence-corrected chi connectivity index (χ1v) is 4.57. The second-order valence-corrected chi connectivity index (χ2v) is 3.65. The molecule has 0 saturated carbocycles. The van der Waals surface area contributed by atoms with E-state index in [-0.39, 0.29) is 24.9 Å². The van der Waals surface area contributed by atoms with Crippen molar-refractivity contribution in [3.8, 4) is 0 Å². The van der Waals surface area contributed by atoms with Gasteiger partial charge in [0.05, 0.1) is 0 Å². The van der Waals surface area contributed by atoms with Gasteiger partial charge in [-0.05, 0) is 13.3 Å². The summed E-state index contributed by atoms with van der Waals surface area (Å²) in [5, 5.41) is 0. The van der Waals surface area contributed by atoms with Gasteiger partial charge in [-0.25, -0.2) is 17.6 Å². The summed E-state index contributed by atoms with van der Waals surface area (Å²) in [5.41, 5.74) is 5.25. The normalized spacial score (nSPS) is 11.9. The van der Waals surface area contributed by atoms with Crippen molar-refractivity contribution >= 4 is 12.4 Å². The van der Waals surface area contributed by atoms with Gasteiger partial charge < -0.3 is 5.73 Å². The molecular formula is C11H12ClF4N. The van der Waals surface area contributed by atoms with Crippen molar-refractivity contribution in [3.63, 3.8) is 0 Å². The molecule has 1 nitrogen and oxygen atoms in total. The fourth-order valence-corrected chi connectivity index (χ4v) is 1.39. The SMILES string of the molecule is C=C(C)C[C@@H](N)c1c(F)c(F)cc(F)c1F.Cl. The highest BCUT2D eigenvalue weighted by Crippen LogP contribution is 2.27. The maximum atomic E-state index is 13.3. The lowest BCUT2D eigenvalue weighted by Crippen LogP contribution is -2.16. The Morgan fingerprint density at radius 2 is 1.65 bits per heavy atom. The van der Waals surface area contributed by atoms with Crippen LogP contribution in [0, 0.1) is 23.3 Å². The number of rotatable bonds is 3. The molecule has 17 heavy (non-hydrogen) atoms. The molecule has 0 saturated heterocycles. The monoisotopic (exact) mass is 269 g/mol. The molecule has 0 aromatic heterocycles. The van der Waals surface area contributed by atoms with Gasteiger partial charge in [-0.3, -0.25) is 0 Å². The van der Waals surface area contributed by atoms with Gasteiger partial charge in [0, 0.05) is 17.7 Å². The Morgan fingerprint density at radius 1 is 1.24 bits per heavy atom. The zero-order valence-corrected chi connectivity index (χ0v) is 9.88. The van der Waals surface area contributed by atoms with Crippen molar-refractivity contribution in [3.05, 3.63) is 47.1 Å². The van der Waals surface area contributed by atoms with E-state index in [1.807, 2.05) is 0 Å². The highest BCUT2D eigenvalue weighted by molar-refractivity contribution is 5.85. The Hall–Kier alpha value is -1.07. The van der Waals surface area contributed by atoms with E-state index in [0.717, 1.165) is 0 Å². The smallest absolute Gasteiger partial charge is 0.166 e. The minimum Gasteiger partial charge on any atom is -0.323 e. The van der Waals surface area contributed by atoms with Crippen LogP contribution < -0.4 is 5.73 Å². The lowest BCUT2D eigenvalue weighted by atomic mass is 9.99. The minimum absolute atomic E-state index is 0. The van der Waals surface area contributed by atoms with Crippen LogP contribution >= 0.6 is 12.4 Å². The topological polar surface area (TPSA) is 26.0 Å². The summed E-state index contributed by atoms with van der Waals surface area (Å²) in [7, 11) is 0. The average molecular weight is 270 g/mol. The third kappa shape index (κ3) is 3.44. The van der Waals surface area contributed by atoms with Gasteiger partial charge in [0.1, 0.15) is 0 Å². The van der Waals surface area contributed by atoms with E-state index >= 15 is 0 Å². The van der Waals surface area contributed by atoms with Crippen LogP contribution in [-0.2, 0) is 0 Å². The van der Waals surface area contributed by atoms with E-state index in [9.17, 15) is 17.6 Å². The van der Waals surface area contributed by atoms with E-state index in [1.54, 1.807) is 6.92 Å². The van der Waals surface area contributed by atoms with E-state index in [0.29, 0.717) is 5.57 Å². The summed E-state index contributed by atoms with van der Waals surface area (Å²) in [6.45, 7) is 5.11. The third-order valence-electron chi connectivity index (χ3n) is 2.08. The molecule has 6 heteroatoms. The van der Waals surface area contributed by atoms with Crippen LogP contribution in [0.1, 0.15) is 24.9 Å². The van der Waals surface area contributed by atoms with Crippen LogP contribution in [-0.4, -0.2) is 0 Å². The molecule has 1 aromatic carbocycles. The Labute approximate surface area is 103 Å². The molecule has 0 heterocycles. The predicted molar refractivity (Wildman–Crippen MR) is 59.9 cm³/mol. The molecule has 0 aliphatic heterocycles. The van der Waals surface area contributed by atoms with E-state index < -0.39 is 34.9 Å². The molecule has 0 fully saturated rings. The van der Waals surface area contributed by atoms with Gasteiger partial charge in [-0.15, -0.1) is 19.0 Å². The maximum Gasteiger partial charge on any atom is 0.166 e. The molecule has 0 radical (unpaired) electrons. The van der Waals surface area contributed by atoms with Crippen LogP contribution in [0.3, 0.4) is 0 Å². The second kappa shape index (κ2) is 6.02. The van der Waals surface area contributed by atoms with Crippen molar-refractivity contribution in [2.75, 3.05) is 0 Å². The summed E-state index contributed by atoms with van der Waals surface area (Å²) in [6, 6.07) is -0.996. The van der Waals surface area contributed by atoms with E-state index in [2.05, 4.69) is 6.58 Å². The molecular weight excluding hydrogens is 258 g/mol. The average Bonchev–Trinajstić information content (AvgIpc) is 2.14. The molecule has 1 rings (SSSR count). The fraction of sp³-hybridized carbons (Fsp3) is 0.273. The molecule has 96 valence electrons. The van der Waals surface area contributed by atoms with Gasteiger partial charge in [-0.2, -0.15) is 0 Å². The van der Waals surface area contributed by atoms with Gasteiger partial charge in [-0.1, -0.05) is 5.57 Å². The molecule has 1 aromatic rings. The number of hydrogen-bond donors (Lipinski definition) is 1. The minimum atomic E-state index is -1.45. The fourth-order valence-electron chi connectivity index (χ4n) is 1.39. The van der Waals surface area contributed by atoms with Crippen LogP contribution in [0.5, 0.6) is 0 Å². The number of nitrogens with two attached hydrogens (primary N) is 1. The zero-order valence-electron chi connectivity index (χ0n) is 9.07. The molecule has 0 aliphatic rings. The first-order chi connectivity index (χ1) is 7.34. The van der Waals surface area contributed by atoms with Crippen LogP contribution in [0.25, 0.3) is 0 Å². The standard InChI is InChI=1S/C11H11F4N.ClH/c1-5(2)3-8(16)9-10(14)6(12)4-7(13)11(9)15;/h4,8H,1,3,16H2,2H3;1H/t8-;/m1./s1. The Kier molecular flexibility index (Phi) is 5.64. The molecule has 0 amide bonds. The van der Waals surface area contributed by atoms with Crippen molar-refractivity contribution in [2.45, 2.75) is 19.4 Å². The van der Waals surface area contributed by atoms with Crippen molar-refractivity contribution in [1.82, 2.24) is 0 Å². The number of benzene rings is 1. The lowest BCUT2D eigenvalue weighted by Gasteiger charge is -2.14. The van der Waals surface area contributed by atoms with Crippen LogP contribution in [0.2, 0.25) is 0 Å². The van der Waals surface area contributed by atoms with Gasteiger partial charge in [0.15, 0.2) is 23.3 Å². The Bertz CT molecular complexity index is 408. The zero-order chi connectivity index (χ0) is 12.5. The summed E-state index contributed by atoms with van der Waals surface area (Å²) in [4.78, 5) is 0. The number of halogens is 5. The molecule has 1 atom stereocenters. The Morgan fingerprint density at radius 3 is 2.00 bits per heavy atom. The van der Waals surface area contributed by atoms with Gasteiger partial charge >= 0.3 is 0 Å². The first-order valence-electron chi connectivity index (χ1n) is 4.57. The Balaban J connectivity index is 0.00000256. The van der Waals surface area contributed by atoms with Crippen LogP contribution in [0.4, 0.5) is 17.6 Å². The summed E-state index contributed by atoms with van der Waals surface area (Å²) >= 11 is 0. The lowest BCUT2D eigenvalue weighted by molar-refractivity contribution is 0.426. The van der Waals surface area contributed by atoms with E-state index in [1.165, 1.54) is 0 Å². The molecule has 2 N–H and O–H groups in total. The summed E-state index contributed by atoms with van der Waals surface area (Å²) in [5.74, 6) is -5.81. The molecule has 0 aliphatic carbocycles. The van der Waals surface area contributed by atoms with Gasteiger partial charge in [0.25, 0.3) is 0 Å². The van der Waals surface area contributed by atoms with Crippen molar-refractivity contribution in [2.24, 2.45) is 5.73 Å². The third-order valence-corrected chi connectivity index (χ3v) is 2.08. The second-order valence-electron chi connectivity index (χ2n) is 3.65. The van der Waals surface area contributed by atoms with Gasteiger partial charge in [0.2, 0.25) is 0 Å². The first kappa shape index (κ1) is 15.9. The van der Waals surface area contributed by atoms with Crippen molar-refractivity contribution < 1.29 is 17.6 Å². The largest absolute Gasteiger partial charge is 0.323 e. The molecule has 0 spiro atoms. The van der Waals surface area contributed by atoms with Crippen molar-refractivity contribution in [1.29, 1.82) is 0 Å². The van der Waals surface area contributed by atoms with E-state index in [4.69, 9.17) is 5.73 Å². The molecule has 0 unspecified atom stereocenters. The molecule has 0 bridgehead atoms.